The first-order chi connectivity index (χ1) is 9.47. The molecule has 2 rings (SSSR count). The molecule has 0 aliphatic carbocycles. The summed E-state index contributed by atoms with van der Waals surface area (Å²) in [6, 6.07) is 15.3. The fourth-order valence-electron chi connectivity index (χ4n) is 2.09. The van der Waals surface area contributed by atoms with Crippen molar-refractivity contribution < 1.29 is 0 Å². The molecule has 1 unspecified atom stereocenters. The van der Waals surface area contributed by atoms with Crippen molar-refractivity contribution in [1.29, 1.82) is 0 Å². The number of nitrogens with one attached hydrogen (secondary N) is 1. The first kappa shape index (κ1) is 15.6. The molecule has 0 aromatic heterocycles. The predicted octanol–water partition coefficient (Wildman–Crippen LogP) is 6.51. The molecule has 0 amide bonds. The van der Waals surface area contributed by atoms with E-state index in [0.29, 0.717) is 5.92 Å². The van der Waals surface area contributed by atoms with Crippen LogP contribution in [-0.4, -0.2) is 0 Å². The third kappa shape index (κ3) is 3.86. The number of halogens is 2. The fraction of sp³-hybridized carbons (Fsp3) is 0.294. The Labute approximate surface area is 138 Å². The summed E-state index contributed by atoms with van der Waals surface area (Å²) < 4.78 is 2.14. The second-order valence-corrected chi connectivity index (χ2v) is 7.08. The molecule has 1 atom stereocenters. The Morgan fingerprint density at radius 3 is 2.00 bits per heavy atom. The minimum Gasteiger partial charge on any atom is -0.378 e. The van der Waals surface area contributed by atoms with Gasteiger partial charge in [0.1, 0.15) is 0 Å². The fourth-order valence-corrected chi connectivity index (χ4v) is 3.25. The summed E-state index contributed by atoms with van der Waals surface area (Å²) in [5.74, 6) is 0.577. The molecule has 2 aromatic carbocycles. The molecule has 3 heteroatoms. The molecule has 0 heterocycles. The molecule has 0 saturated heterocycles. The van der Waals surface area contributed by atoms with Crippen molar-refractivity contribution in [2.45, 2.75) is 32.7 Å². The third-order valence-corrected chi connectivity index (χ3v) is 4.56. The molecule has 0 spiro atoms. The van der Waals surface area contributed by atoms with Crippen LogP contribution in [-0.2, 0) is 0 Å². The van der Waals surface area contributed by atoms with Crippen LogP contribution in [0.25, 0.3) is 0 Å². The quantitative estimate of drug-likeness (QED) is 0.621. The van der Waals surface area contributed by atoms with E-state index >= 15 is 0 Å². The average molecular weight is 397 g/mol. The van der Waals surface area contributed by atoms with Crippen molar-refractivity contribution in [1.82, 2.24) is 0 Å². The maximum atomic E-state index is 3.59. The second-order valence-electron chi connectivity index (χ2n) is 5.31. The average Bonchev–Trinajstić information content (AvgIpc) is 2.42. The van der Waals surface area contributed by atoms with Gasteiger partial charge in [-0.2, -0.15) is 0 Å². The summed E-state index contributed by atoms with van der Waals surface area (Å²) in [7, 11) is 0. The molecule has 0 aliphatic rings. The van der Waals surface area contributed by atoms with Gasteiger partial charge in [0.05, 0.1) is 0 Å². The second kappa shape index (κ2) is 6.77. The van der Waals surface area contributed by atoms with Gasteiger partial charge in [-0.3, -0.25) is 0 Å². The molecular formula is C17H19Br2N. The molecule has 0 aliphatic heterocycles. The van der Waals surface area contributed by atoms with E-state index in [0.717, 1.165) is 14.6 Å². The minimum absolute atomic E-state index is 0.272. The number of hydrogen-bond donors (Lipinski definition) is 1. The highest BCUT2D eigenvalue weighted by molar-refractivity contribution is 9.11. The van der Waals surface area contributed by atoms with Crippen LogP contribution in [0.5, 0.6) is 0 Å². The van der Waals surface area contributed by atoms with Gasteiger partial charge in [0.2, 0.25) is 0 Å². The lowest BCUT2D eigenvalue weighted by Gasteiger charge is -2.18. The Kier molecular flexibility index (Phi) is 5.28. The van der Waals surface area contributed by atoms with Gasteiger partial charge in [-0.15, -0.1) is 0 Å². The Morgan fingerprint density at radius 2 is 1.45 bits per heavy atom. The van der Waals surface area contributed by atoms with Gasteiger partial charge in [-0.05, 0) is 58.1 Å². The summed E-state index contributed by atoms with van der Waals surface area (Å²) in [5, 5.41) is 3.53. The monoisotopic (exact) mass is 395 g/mol. The topological polar surface area (TPSA) is 12.0 Å². The van der Waals surface area contributed by atoms with E-state index in [-0.39, 0.29) is 6.04 Å². The van der Waals surface area contributed by atoms with E-state index < -0.39 is 0 Å². The van der Waals surface area contributed by atoms with Gasteiger partial charge in [-0.1, -0.05) is 54.0 Å². The molecule has 1 nitrogen and oxygen atoms in total. The van der Waals surface area contributed by atoms with Crippen LogP contribution in [0.4, 0.5) is 5.69 Å². The van der Waals surface area contributed by atoms with E-state index in [1.165, 1.54) is 11.1 Å². The van der Waals surface area contributed by atoms with Gasteiger partial charge in [0, 0.05) is 20.7 Å². The molecule has 0 bridgehead atoms. The summed E-state index contributed by atoms with van der Waals surface area (Å²) in [5.41, 5.74) is 3.78. The first-order valence-electron chi connectivity index (χ1n) is 6.79. The van der Waals surface area contributed by atoms with Crippen molar-refractivity contribution in [3.8, 4) is 0 Å². The maximum Gasteiger partial charge on any atom is 0.0490 e. The molecule has 20 heavy (non-hydrogen) atoms. The molecular weight excluding hydrogens is 378 g/mol. The minimum atomic E-state index is 0.272. The standard InChI is InChI=1S/C17H19Br2N/c1-11(2)13-4-6-14(7-5-13)12(3)20-17-9-8-15(18)10-16(17)19/h4-12,20H,1-3H3. The summed E-state index contributed by atoms with van der Waals surface area (Å²) in [4.78, 5) is 0. The van der Waals surface area contributed by atoms with Crippen molar-refractivity contribution in [3.63, 3.8) is 0 Å². The van der Waals surface area contributed by atoms with Crippen molar-refractivity contribution in [2.24, 2.45) is 0 Å². The Morgan fingerprint density at radius 1 is 0.850 bits per heavy atom. The van der Waals surface area contributed by atoms with Crippen LogP contribution in [0.15, 0.2) is 51.4 Å². The third-order valence-electron chi connectivity index (χ3n) is 3.41. The van der Waals surface area contributed by atoms with E-state index in [9.17, 15) is 0 Å². The number of benzene rings is 2. The summed E-state index contributed by atoms with van der Waals surface area (Å²) >= 11 is 7.06. The van der Waals surface area contributed by atoms with Gasteiger partial charge < -0.3 is 5.32 Å². The highest BCUT2D eigenvalue weighted by Gasteiger charge is 2.08. The van der Waals surface area contributed by atoms with Gasteiger partial charge in [-0.25, -0.2) is 0 Å². The molecule has 1 N–H and O–H groups in total. The lowest BCUT2D eigenvalue weighted by Crippen LogP contribution is -2.07. The van der Waals surface area contributed by atoms with Crippen LogP contribution >= 0.6 is 31.9 Å². The normalized spacial score (nSPS) is 12.5. The summed E-state index contributed by atoms with van der Waals surface area (Å²) in [6.45, 7) is 6.62. The van der Waals surface area contributed by atoms with E-state index in [1.54, 1.807) is 0 Å². The number of hydrogen-bond acceptors (Lipinski definition) is 1. The Hall–Kier alpha value is -0.800. The molecule has 106 valence electrons. The predicted molar refractivity (Wildman–Crippen MR) is 94.4 cm³/mol. The zero-order valence-corrected chi connectivity index (χ0v) is 15.1. The Bertz CT molecular complexity index is 576. The number of rotatable bonds is 4. The van der Waals surface area contributed by atoms with Crippen molar-refractivity contribution in [3.05, 3.63) is 62.5 Å². The van der Waals surface area contributed by atoms with Gasteiger partial charge in [0.25, 0.3) is 0 Å². The zero-order valence-electron chi connectivity index (χ0n) is 12.0. The van der Waals surface area contributed by atoms with Crippen LogP contribution in [0.3, 0.4) is 0 Å². The first-order valence-corrected chi connectivity index (χ1v) is 8.37. The Balaban J connectivity index is 2.13. The molecule has 2 aromatic rings. The van der Waals surface area contributed by atoms with Crippen LogP contribution in [0.2, 0.25) is 0 Å². The smallest absolute Gasteiger partial charge is 0.0490 e. The van der Waals surface area contributed by atoms with E-state index in [1.807, 2.05) is 6.07 Å². The van der Waals surface area contributed by atoms with Gasteiger partial charge in [0.15, 0.2) is 0 Å². The zero-order chi connectivity index (χ0) is 14.7. The summed E-state index contributed by atoms with van der Waals surface area (Å²) in [6.07, 6.45) is 0. The highest BCUT2D eigenvalue weighted by atomic mass is 79.9. The van der Waals surface area contributed by atoms with Crippen LogP contribution in [0.1, 0.15) is 43.9 Å². The SMILES string of the molecule is CC(C)c1ccc(C(C)Nc2ccc(Br)cc2Br)cc1. The molecule has 0 fully saturated rings. The lowest BCUT2D eigenvalue weighted by molar-refractivity contribution is 0.851. The number of anilines is 1. The van der Waals surface area contributed by atoms with E-state index in [2.05, 4.69) is 94.3 Å². The molecule has 0 saturated carbocycles. The highest BCUT2D eigenvalue weighted by Crippen LogP contribution is 2.29. The lowest BCUT2D eigenvalue weighted by atomic mass is 9.99. The van der Waals surface area contributed by atoms with Gasteiger partial charge >= 0.3 is 0 Å². The van der Waals surface area contributed by atoms with Crippen LogP contribution < -0.4 is 5.32 Å². The van der Waals surface area contributed by atoms with Crippen LogP contribution in [0, 0.1) is 0 Å². The molecule has 0 radical (unpaired) electrons. The maximum absolute atomic E-state index is 3.59. The van der Waals surface area contributed by atoms with E-state index in [4.69, 9.17) is 0 Å². The van der Waals surface area contributed by atoms with Crippen molar-refractivity contribution in [2.75, 3.05) is 5.32 Å². The van der Waals surface area contributed by atoms with Crippen molar-refractivity contribution >= 4 is 37.5 Å². The largest absolute Gasteiger partial charge is 0.378 e.